The molecule has 2 amide bonds. The van der Waals surface area contributed by atoms with Crippen LogP contribution in [0.2, 0.25) is 0 Å². The highest BCUT2D eigenvalue weighted by Crippen LogP contribution is 2.52. The zero-order valence-corrected chi connectivity index (χ0v) is 18.0. The highest BCUT2D eigenvalue weighted by Gasteiger charge is 2.61. The van der Waals surface area contributed by atoms with E-state index in [0.717, 1.165) is 18.6 Å². The molecule has 0 aromatic heterocycles. The lowest BCUT2D eigenvalue weighted by atomic mass is 9.89. The van der Waals surface area contributed by atoms with Gasteiger partial charge in [0.15, 0.2) is 0 Å². The summed E-state index contributed by atoms with van der Waals surface area (Å²) in [6.45, 7) is 10.9. The Labute approximate surface area is 172 Å². The molecule has 0 bridgehead atoms. The summed E-state index contributed by atoms with van der Waals surface area (Å²) in [4.78, 5) is 26.9. The summed E-state index contributed by atoms with van der Waals surface area (Å²) in [5.41, 5.74) is 0.278. The molecule has 1 aliphatic carbocycles. The van der Waals surface area contributed by atoms with Crippen molar-refractivity contribution in [3.05, 3.63) is 29.8 Å². The molecule has 2 fully saturated rings. The van der Waals surface area contributed by atoms with E-state index in [1.54, 1.807) is 4.90 Å². The lowest BCUT2D eigenvalue weighted by molar-refractivity contribution is -0.126. The van der Waals surface area contributed by atoms with Crippen molar-refractivity contribution in [2.24, 2.45) is 17.8 Å². The van der Waals surface area contributed by atoms with Crippen LogP contribution in [0.4, 0.5) is 4.79 Å². The molecule has 0 radical (unpaired) electrons. The van der Waals surface area contributed by atoms with Crippen LogP contribution in [0, 0.1) is 17.8 Å². The highest BCUT2D eigenvalue weighted by atomic mass is 16.6. The molecule has 1 N–H and O–H groups in total. The molecule has 4 atom stereocenters. The normalized spacial score (nSPS) is 28.1. The van der Waals surface area contributed by atoms with Crippen LogP contribution in [-0.2, 0) is 16.0 Å². The second-order valence-electron chi connectivity index (χ2n) is 10.2. The summed E-state index contributed by atoms with van der Waals surface area (Å²) in [5, 5.41) is 3.23. The third-order valence-corrected chi connectivity index (χ3v) is 6.32. The first-order valence-corrected chi connectivity index (χ1v) is 10.6. The van der Waals surface area contributed by atoms with Gasteiger partial charge in [0, 0.05) is 19.0 Å². The Morgan fingerprint density at radius 2 is 1.76 bits per heavy atom. The fourth-order valence-corrected chi connectivity index (χ4v) is 4.70. The summed E-state index contributed by atoms with van der Waals surface area (Å²) in [7, 11) is 0. The predicted molar refractivity (Wildman–Crippen MR) is 110 cm³/mol. The van der Waals surface area contributed by atoms with Gasteiger partial charge >= 0.3 is 6.09 Å². The molecule has 6 nitrogen and oxygen atoms in total. The van der Waals surface area contributed by atoms with Crippen LogP contribution in [0.3, 0.4) is 0 Å². The number of hydrogen-bond donors (Lipinski definition) is 1. The Morgan fingerprint density at radius 3 is 2.41 bits per heavy atom. The number of ether oxygens (including phenoxy) is 2. The fourth-order valence-electron chi connectivity index (χ4n) is 4.70. The Balaban J connectivity index is 1.31. The Bertz CT molecular complexity index is 801. The summed E-state index contributed by atoms with van der Waals surface area (Å²) < 4.78 is 11.6. The molecule has 29 heavy (non-hydrogen) atoms. The van der Waals surface area contributed by atoms with Crippen molar-refractivity contribution < 1.29 is 19.1 Å². The van der Waals surface area contributed by atoms with Crippen molar-refractivity contribution in [3.8, 4) is 5.75 Å². The van der Waals surface area contributed by atoms with Crippen molar-refractivity contribution in [1.29, 1.82) is 0 Å². The molecule has 1 aromatic rings. The Hall–Kier alpha value is -2.24. The summed E-state index contributed by atoms with van der Waals surface area (Å²) in [6, 6.07) is 8.10. The van der Waals surface area contributed by atoms with E-state index in [4.69, 9.17) is 9.47 Å². The number of aryl methyl sites for hydroxylation is 1. The minimum absolute atomic E-state index is 0.0103. The summed E-state index contributed by atoms with van der Waals surface area (Å²) >= 11 is 0. The van der Waals surface area contributed by atoms with E-state index in [9.17, 15) is 9.59 Å². The molecule has 1 aromatic carbocycles. The van der Waals surface area contributed by atoms with E-state index in [-0.39, 0.29) is 35.9 Å². The second kappa shape index (κ2) is 6.92. The molecule has 2 unspecified atom stereocenters. The lowest BCUT2D eigenvalue weighted by Crippen LogP contribution is -2.56. The average Bonchev–Trinajstić information content (AvgIpc) is 3.14. The predicted octanol–water partition coefficient (Wildman–Crippen LogP) is 3.39. The first-order valence-electron chi connectivity index (χ1n) is 10.6. The molecule has 3 aliphatic rings. The van der Waals surface area contributed by atoms with E-state index in [1.807, 2.05) is 52.8 Å². The molecular weight excluding hydrogens is 368 g/mol. The topological polar surface area (TPSA) is 67.9 Å². The molecule has 2 aliphatic heterocycles. The van der Waals surface area contributed by atoms with Gasteiger partial charge in [-0.05, 0) is 70.9 Å². The molecular formula is C23H32N2O4. The van der Waals surface area contributed by atoms with Crippen LogP contribution in [-0.4, -0.2) is 47.2 Å². The van der Waals surface area contributed by atoms with E-state index in [1.165, 1.54) is 5.56 Å². The number of rotatable bonds is 3. The van der Waals surface area contributed by atoms with Crippen molar-refractivity contribution in [1.82, 2.24) is 10.2 Å². The number of piperidine rings is 1. The number of hydrogen-bond acceptors (Lipinski definition) is 4. The minimum atomic E-state index is -0.497. The molecule has 1 saturated heterocycles. The Kier molecular flexibility index (Phi) is 4.79. The first kappa shape index (κ1) is 20.0. The third-order valence-electron chi connectivity index (χ3n) is 6.32. The third kappa shape index (κ3) is 4.07. The number of carbonyl (C=O) groups is 2. The van der Waals surface area contributed by atoms with Crippen LogP contribution in [0.15, 0.2) is 24.3 Å². The van der Waals surface area contributed by atoms with Gasteiger partial charge in [-0.2, -0.15) is 0 Å². The first-order chi connectivity index (χ1) is 13.5. The molecule has 4 rings (SSSR count). The van der Waals surface area contributed by atoms with E-state index >= 15 is 0 Å². The van der Waals surface area contributed by atoms with Crippen LogP contribution in [0.5, 0.6) is 5.75 Å². The smallest absolute Gasteiger partial charge is 0.410 e. The van der Waals surface area contributed by atoms with Crippen molar-refractivity contribution in [2.45, 2.75) is 64.7 Å². The number of amides is 2. The van der Waals surface area contributed by atoms with Gasteiger partial charge in [-0.25, -0.2) is 4.79 Å². The Morgan fingerprint density at radius 1 is 1.10 bits per heavy atom. The van der Waals surface area contributed by atoms with Crippen molar-refractivity contribution >= 4 is 12.0 Å². The van der Waals surface area contributed by atoms with Gasteiger partial charge in [0.1, 0.15) is 17.5 Å². The maximum atomic E-state index is 12.9. The van der Waals surface area contributed by atoms with Gasteiger partial charge in [0.05, 0.1) is 5.54 Å². The van der Waals surface area contributed by atoms with E-state index in [0.29, 0.717) is 13.1 Å². The number of benzene rings is 1. The SMILES string of the molecule is CC(C)(C)OC(=O)N1C[C@@H]2C(C(=O)NC(C)(C)C3CCc4ccccc4O3)[C@@H]2C1. The number of nitrogens with one attached hydrogen (secondary N) is 1. The fraction of sp³-hybridized carbons (Fsp3) is 0.652. The highest BCUT2D eigenvalue weighted by molar-refractivity contribution is 5.84. The standard InChI is InChI=1S/C23H32N2O4/c1-22(2,3)29-21(27)25-12-15-16(13-25)19(15)20(26)24-23(4,5)18-11-10-14-8-6-7-9-17(14)28-18/h6-9,15-16,18-19H,10-13H2,1-5H3,(H,24,26)/t15-,16+,18?,19?. The van der Waals surface area contributed by atoms with Gasteiger partial charge in [0.2, 0.25) is 5.91 Å². The number of fused-ring (bicyclic) bond motifs is 2. The van der Waals surface area contributed by atoms with Crippen LogP contribution >= 0.6 is 0 Å². The van der Waals surface area contributed by atoms with Gasteiger partial charge in [-0.15, -0.1) is 0 Å². The zero-order chi connectivity index (χ0) is 21.0. The number of nitrogens with zero attached hydrogens (tertiary/aromatic N) is 1. The second-order valence-corrected chi connectivity index (χ2v) is 10.2. The zero-order valence-electron chi connectivity index (χ0n) is 18.0. The summed E-state index contributed by atoms with van der Waals surface area (Å²) in [6.07, 6.45) is 1.50. The van der Waals surface area contributed by atoms with Gasteiger partial charge in [-0.1, -0.05) is 18.2 Å². The largest absolute Gasteiger partial charge is 0.488 e. The molecule has 1 saturated carbocycles. The minimum Gasteiger partial charge on any atom is -0.488 e. The number of para-hydroxylation sites is 1. The number of likely N-dealkylation sites (tertiary alicyclic amines) is 1. The van der Waals surface area contributed by atoms with Crippen LogP contribution in [0.1, 0.15) is 46.6 Å². The van der Waals surface area contributed by atoms with Gasteiger partial charge in [0.25, 0.3) is 0 Å². The molecule has 0 spiro atoms. The average molecular weight is 401 g/mol. The van der Waals surface area contributed by atoms with E-state index < -0.39 is 11.1 Å². The maximum absolute atomic E-state index is 12.9. The van der Waals surface area contributed by atoms with Gasteiger partial charge < -0.3 is 19.7 Å². The maximum Gasteiger partial charge on any atom is 0.410 e. The lowest BCUT2D eigenvalue weighted by Gasteiger charge is -2.38. The van der Waals surface area contributed by atoms with Crippen molar-refractivity contribution in [3.63, 3.8) is 0 Å². The van der Waals surface area contributed by atoms with Gasteiger partial charge in [-0.3, -0.25) is 4.79 Å². The molecule has 6 heteroatoms. The van der Waals surface area contributed by atoms with Crippen molar-refractivity contribution in [2.75, 3.05) is 13.1 Å². The van der Waals surface area contributed by atoms with E-state index in [2.05, 4.69) is 11.4 Å². The summed E-state index contributed by atoms with van der Waals surface area (Å²) in [5.74, 6) is 1.47. The monoisotopic (exact) mass is 400 g/mol. The quantitative estimate of drug-likeness (QED) is 0.845. The molecule has 2 heterocycles. The number of carbonyl (C=O) groups excluding carboxylic acids is 2. The molecule has 158 valence electrons. The van der Waals surface area contributed by atoms with Crippen LogP contribution in [0.25, 0.3) is 0 Å². The van der Waals surface area contributed by atoms with Crippen LogP contribution < -0.4 is 10.1 Å².